The maximum absolute atomic E-state index is 5.50. The van der Waals surface area contributed by atoms with Gasteiger partial charge in [0.2, 0.25) is 5.95 Å². The van der Waals surface area contributed by atoms with Gasteiger partial charge in [0.15, 0.2) is 0 Å². The van der Waals surface area contributed by atoms with Crippen molar-refractivity contribution in [3.8, 4) is 0 Å². The minimum absolute atomic E-state index is 0.271. The van der Waals surface area contributed by atoms with Crippen molar-refractivity contribution in [2.45, 2.75) is 13.5 Å². The molecular weight excluding hydrogens is 182 g/mol. The van der Waals surface area contributed by atoms with Crippen molar-refractivity contribution >= 4 is 5.95 Å². The first-order valence-corrected chi connectivity index (χ1v) is 4.05. The van der Waals surface area contributed by atoms with E-state index in [0.29, 0.717) is 6.54 Å². The third-order valence-electron chi connectivity index (χ3n) is 1.71. The van der Waals surface area contributed by atoms with Crippen LogP contribution in [0.25, 0.3) is 0 Å². The first-order chi connectivity index (χ1) is 6.75. The maximum Gasteiger partial charge on any atom is 0.240 e. The monoisotopic (exact) mass is 191 g/mol. The number of hydrogen-bond acceptors (Lipinski definition) is 6. The fraction of sp³-hybridized carbons (Fsp3) is 0.286. The van der Waals surface area contributed by atoms with Gasteiger partial charge in [0.25, 0.3) is 0 Å². The molecule has 0 bridgehead atoms. The lowest BCUT2D eigenvalue weighted by atomic mass is 10.4. The summed E-state index contributed by atoms with van der Waals surface area (Å²) in [5, 5.41) is 10.7. The number of hydrogen-bond donors (Lipinski definition) is 1. The number of nitrogen functional groups attached to an aromatic ring is 1. The van der Waals surface area contributed by atoms with Gasteiger partial charge < -0.3 is 5.73 Å². The molecular formula is C7H9N7. The Morgan fingerprint density at radius 2 is 2.21 bits per heavy atom. The van der Waals surface area contributed by atoms with Crippen LogP contribution in [0.5, 0.6) is 0 Å². The van der Waals surface area contributed by atoms with Gasteiger partial charge in [-0.15, -0.1) is 0 Å². The van der Waals surface area contributed by atoms with Crippen LogP contribution in [0.3, 0.4) is 0 Å². The molecule has 0 amide bonds. The zero-order chi connectivity index (χ0) is 9.97. The van der Waals surface area contributed by atoms with Crippen LogP contribution in [-0.2, 0) is 6.54 Å². The molecule has 14 heavy (non-hydrogen) atoms. The standard InChI is InChI=1S/C7H9N7/c1-5-2-10-6(3-9-5)4-14-7(8)11-12-13-14/h2-3H,4H2,1H3,(H2,8,11,13). The molecule has 0 saturated heterocycles. The second-order valence-corrected chi connectivity index (χ2v) is 2.84. The molecule has 0 aliphatic carbocycles. The highest BCUT2D eigenvalue weighted by Crippen LogP contribution is 1.99. The summed E-state index contributed by atoms with van der Waals surface area (Å²) in [6.45, 7) is 2.31. The fourth-order valence-corrected chi connectivity index (χ4v) is 0.979. The van der Waals surface area contributed by atoms with Crippen molar-refractivity contribution in [3.63, 3.8) is 0 Å². The number of nitrogens with two attached hydrogens (primary N) is 1. The zero-order valence-corrected chi connectivity index (χ0v) is 7.62. The van der Waals surface area contributed by atoms with Crippen molar-refractivity contribution in [1.82, 2.24) is 30.2 Å². The third-order valence-corrected chi connectivity index (χ3v) is 1.71. The van der Waals surface area contributed by atoms with Crippen molar-refractivity contribution < 1.29 is 0 Å². The van der Waals surface area contributed by atoms with E-state index in [1.807, 2.05) is 6.92 Å². The van der Waals surface area contributed by atoms with Crippen LogP contribution in [0.15, 0.2) is 12.4 Å². The lowest BCUT2D eigenvalue weighted by Gasteiger charge is -2.00. The summed E-state index contributed by atoms with van der Waals surface area (Å²) in [5.41, 5.74) is 7.14. The van der Waals surface area contributed by atoms with Gasteiger partial charge >= 0.3 is 0 Å². The first kappa shape index (κ1) is 8.54. The predicted molar refractivity (Wildman–Crippen MR) is 48.1 cm³/mol. The average molecular weight is 191 g/mol. The Hall–Kier alpha value is -2.05. The van der Waals surface area contributed by atoms with E-state index in [0.717, 1.165) is 11.4 Å². The van der Waals surface area contributed by atoms with E-state index >= 15 is 0 Å². The van der Waals surface area contributed by atoms with Gasteiger partial charge in [0.1, 0.15) is 0 Å². The number of aryl methyl sites for hydroxylation is 1. The summed E-state index contributed by atoms with van der Waals surface area (Å²) >= 11 is 0. The van der Waals surface area contributed by atoms with Crippen molar-refractivity contribution in [2.24, 2.45) is 0 Å². The molecule has 2 aromatic rings. The molecule has 2 N–H and O–H groups in total. The SMILES string of the molecule is Cc1cnc(Cn2nnnc2N)cn1. The molecule has 0 saturated carbocycles. The van der Waals surface area contributed by atoms with Crippen molar-refractivity contribution in [2.75, 3.05) is 5.73 Å². The minimum Gasteiger partial charge on any atom is -0.367 e. The molecule has 0 aliphatic rings. The van der Waals surface area contributed by atoms with Crippen LogP contribution in [0, 0.1) is 6.92 Å². The molecule has 2 rings (SSSR count). The summed E-state index contributed by atoms with van der Waals surface area (Å²) < 4.78 is 1.46. The lowest BCUT2D eigenvalue weighted by molar-refractivity contribution is 0.641. The van der Waals surface area contributed by atoms with E-state index in [9.17, 15) is 0 Å². The molecule has 7 nitrogen and oxygen atoms in total. The molecule has 0 aliphatic heterocycles. The molecule has 2 heterocycles. The molecule has 0 radical (unpaired) electrons. The number of aromatic nitrogens is 6. The average Bonchev–Trinajstić information content (AvgIpc) is 2.56. The highest BCUT2D eigenvalue weighted by molar-refractivity contribution is 5.12. The van der Waals surface area contributed by atoms with E-state index < -0.39 is 0 Å². The molecule has 0 unspecified atom stereocenters. The molecule has 72 valence electrons. The van der Waals surface area contributed by atoms with Crippen LogP contribution in [0.2, 0.25) is 0 Å². The number of tetrazole rings is 1. The Morgan fingerprint density at radius 3 is 2.79 bits per heavy atom. The quantitative estimate of drug-likeness (QED) is 0.681. The summed E-state index contributed by atoms with van der Waals surface area (Å²) in [6.07, 6.45) is 3.37. The highest BCUT2D eigenvalue weighted by atomic mass is 15.6. The van der Waals surface area contributed by atoms with Crippen molar-refractivity contribution in [1.29, 1.82) is 0 Å². The zero-order valence-electron chi connectivity index (χ0n) is 7.62. The predicted octanol–water partition coefficient (Wildman–Crippen LogP) is -0.598. The van der Waals surface area contributed by atoms with Crippen LogP contribution in [0.4, 0.5) is 5.95 Å². The Morgan fingerprint density at radius 1 is 1.36 bits per heavy atom. The van der Waals surface area contributed by atoms with E-state index in [-0.39, 0.29) is 5.95 Å². The normalized spacial score (nSPS) is 10.4. The van der Waals surface area contributed by atoms with Gasteiger partial charge in [-0.2, -0.15) is 0 Å². The van der Waals surface area contributed by atoms with Gasteiger partial charge in [-0.1, -0.05) is 5.10 Å². The molecule has 2 aromatic heterocycles. The summed E-state index contributed by atoms with van der Waals surface area (Å²) in [7, 11) is 0. The Balaban J connectivity index is 2.19. The van der Waals surface area contributed by atoms with Gasteiger partial charge in [0, 0.05) is 6.20 Å². The number of nitrogens with zero attached hydrogens (tertiary/aromatic N) is 6. The molecule has 0 fully saturated rings. The second kappa shape index (κ2) is 3.36. The lowest BCUT2D eigenvalue weighted by Crippen LogP contribution is -2.08. The van der Waals surface area contributed by atoms with Gasteiger partial charge in [0.05, 0.1) is 24.1 Å². The smallest absolute Gasteiger partial charge is 0.240 e. The Kier molecular flexibility index (Phi) is 2.05. The molecule has 0 spiro atoms. The highest BCUT2D eigenvalue weighted by Gasteiger charge is 2.02. The largest absolute Gasteiger partial charge is 0.367 e. The fourth-order valence-electron chi connectivity index (χ4n) is 0.979. The van der Waals surface area contributed by atoms with Crippen LogP contribution >= 0.6 is 0 Å². The van der Waals surface area contributed by atoms with E-state index in [2.05, 4.69) is 25.5 Å². The topological polar surface area (TPSA) is 95.4 Å². The van der Waals surface area contributed by atoms with Crippen LogP contribution < -0.4 is 5.73 Å². The molecule has 0 aromatic carbocycles. The van der Waals surface area contributed by atoms with E-state index in [4.69, 9.17) is 5.73 Å². The minimum atomic E-state index is 0.271. The van der Waals surface area contributed by atoms with E-state index in [1.54, 1.807) is 12.4 Å². The van der Waals surface area contributed by atoms with Gasteiger partial charge in [-0.3, -0.25) is 9.97 Å². The number of anilines is 1. The summed E-state index contributed by atoms with van der Waals surface area (Å²) in [5.74, 6) is 0.271. The second-order valence-electron chi connectivity index (χ2n) is 2.84. The van der Waals surface area contributed by atoms with E-state index in [1.165, 1.54) is 4.68 Å². The Labute approximate surface area is 80.0 Å². The van der Waals surface area contributed by atoms with Crippen LogP contribution in [-0.4, -0.2) is 30.2 Å². The molecule has 0 atom stereocenters. The van der Waals surface area contributed by atoms with Gasteiger partial charge in [-0.25, -0.2) is 4.68 Å². The number of rotatable bonds is 2. The van der Waals surface area contributed by atoms with Crippen LogP contribution in [0.1, 0.15) is 11.4 Å². The Bertz CT molecular complexity index is 418. The van der Waals surface area contributed by atoms with Crippen molar-refractivity contribution in [3.05, 3.63) is 23.8 Å². The first-order valence-electron chi connectivity index (χ1n) is 4.05. The summed E-state index contributed by atoms with van der Waals surface area (Å²) in [4.78, 5) is 8.26. The maximum atomic E-state index is 5.50. The third kappa shape index (κ3) is 1.65. The summed E-state index contributed by atoms with van der Waals surface area (Å²) in [6, 6.07) is 0. The molecule has 7 heteroatoms. The van der Waals surface area contributed by atoms with Gasteiger partial charge in [-0.05, 0) is 17.4 Å².